The molecule has 3 aromatic rings. The highest BCUT2D eigenvalue weighted by atomic mass is 35.5. The number of carboxylic acid groups (broad SMARTS) is 1. The average Bonchev–Trinajstić information content (AvgIpc) is 2.92. The number of carboxylic acids is 1. The van der Waals surface area contributed by atoms with Gasteiger partial charge in [-0.3, -0.25) is 19.8 Å². The summed E-state index contributed by atoms with van der Waals surface area (Å²) >= 11 is 12.4. The largest absolute Gasteiger partial charge is 0.480 e. The number of halogens is 6. The first-order valence-electron chi connectivity index (χ1n) is 12.7. The number of hydrogen-bond acceptors (Lipinski definition) is 5. The molecule has 0 aliphatic heterocycles. The van der Waals surface area contributed by atoms with Crippen molar-refractivity contribution in [3.05, 3.63) is 92.7 Å². The number of ketones is 1. The summed E-state index contributed by atoms with van der Waals surface area (Å²) in [5.74, 6) is -5.18. The molecule has 0 bridgehead atoms. The van der Waals surface area contributed by atoms with Crippen LogP contribution < -0.4 is 16.4 Å². The molecule has 44 heavy (non-hydrogen) atoms. The van der Waals surface area contributed by atoms with E-state index in [-0.39, 0.29) is 57.4 Å². The highest BCUT2D eigenvalue weighted by Gasteiger charge is 2.34. The molecule has 0 radical (unpaired) electrons. The highest BCUT2D eigenvalue weighted by Crippen LogP contribution is 2.37. The quantitative estimate of drug-likeness (QED) is 0.102. The van der Waals surface area contributed by atoms with Crippen molar-refractivity contribution in [1.29, 1.82) is 5.41 Å². The number of nitrogens with two attached hydrogens (primary N) is 1. The maximum atomic E-state index is 13.7. The van der Waals surface area contributed by atoms with Crippen LogP contribution in [0.3, 0.4) is 0 Å². The van der Waals surface area contributed by atoms with E-state index in [1.807, 2.05) is 0 Å². The van der Waals surface area contributed by atoms with Gasteiger partial charge in [-0.15, -0.1) is 0 Å². The predicted octanol–water partition coefficient (Wildman–Crippen LogP) is 5.26. The van der Waals surface area contributed by atoms with Crippen molar-refractivity contribution in [2.75, 3.05) is 6.54 Å². The third kappa shape index (κ3) is 9.01. The molecular formula is C29H24Cl2F4N4O5. The molecule has 1 atom stereocenters. The van der Waals surface area contributed by atoms with Crippen LogP contribution in [0.1, 0.15) is 44.7 Å². The van der Waals surface area contributed by atoms with E-state index in [0.717, 1.165) is 18.2 Å². The van der Waals surface area contributed by atoms with E-state index >= 15 is 0 Å². The van der Waals surface area contributed by atoms with E-state index in [1.165, 1.54) is 12.1 Å². The van der Waals surface area contributed by atoms with Crippen LogP contribution in [0.25, 0.3) is 11.1 Å². The van der Waals surface area contributed by atoms with E-state index in [9.17, 15) is 41.8 Å². The third-order valence-corrected chi connectivity index (χ3v) is 6.82. The molecule has 232 valence electrons. The molecule has 0 aliphatic carbocycles. The van der Waals surface area contributed by atoms with Crippen molar-refractivity contribution in [3.63, 3.8) is 0 Å². The second kappa shape index (κ2) is 14.3. The molecule has 3 aromatic carbocycles. The summed E-state index contributed by atoms with van der Waals surface area (Å²) in [6.07, 6.45) is -5.52. The number of alkyl halides is 3. The van der Waals surface area contributed by atoms with Crippen LogP contribution >= 0.6 is 23.2 Å². The number of hydrogen-bond donors (Lipinski definition) is 5. The summed E-state index contributed by atoms with van der Waals surface area (Å²) in [4.78, 5) is 49.4. The Balaban J connectivity index is 1.64. The molecular weight excluding hydrogens is 631 g/mol. The number of aliphatic carboxylic acids is 1. The summed E-state index contributed by atoms with van der Waals surface area (Å²) in [5, 5.41) is 20.9. The molecule has 6 N–H and O–H groups in total. The zero-order valence-corrected chi connectivity index (χ0v) is 24.0. The molecule has 0 aromatic heterocycles. The standard InChI is InChI=1S/C29H24Cl2F4N4O5/c30-20-11-17(15-4-6-22(32)19(10-15)29(33,34)35)12-21(31)25(20)27(42)39-23(28(43)44)7-5-18(40)13-38-26(41)16-3-1-2-14(8-16)9-24(36)37/h1-4,6,8,10-12,23H,5,7,9,13H2,(H3,36,37)(H,38,41)(H,39,42)(H,43,44)/t23-/m0/s1. The maximum absolute atomic E-state index is 13.7. The van der Waals surface area contributed by atoms with Crippen LogP contribution in [0, 0.1) is 11.2 Å². The zero-order chi connectivity index (χ0) is 32.8. The minimum Gasteiger partial charge on any atom is -0.480 e. The third-order valence-electron chi connectivity index (χ3n) is 6.22. The SMILES string of the molecule is N=C(N)Cc1cccc(C(=O)NCC(=O)CC[C@H](NC(=O)c2c(Cl)cc(-c3ccc(F)c(C(F)(F)F)c3)cc2Cl)C(=O)O)c1. The molecule has 9 nitrogen and oxygen atoms in total. The van der Waals surface area contributed by atoms with E-state index in [4.69, 9.17) is 34.3 Å². The van der Waals surface area contributed by atoms with E-state index in [0.29, 0.717) is 17.7 Å². The van der Waals surface area contributed by atoms with E-state index in [2.05, 4.69) is 10.6 Å². The van der Waals surface area contributed by atoms with Crippen molar-refractivity contribution in [1.82, 2.24) is 10.6 Å². The fourth-order valence-electron chi connectivity index (χ4n) is 4.08. The van der Waals surface area contributed by atoms with Gasteiger partial charge in [0.1, 0.15) is 11.9 Å². The first-order valence-corrected chi connectivity index (χ1v) is 13.4. The first kappa shape index (κ1) is 34.0. The van der Waals surface area contributed by atoms with E-state index < -0.39 is 53.7 Å². The Morgan fingerprint density at radius 1 is 0.955 bits per heavy atom. The van der Waals surface area contributed by atoms with Gasteiger partial charge in [-0.25, -0.2) is 9.18 Å². The summed E-state index contributed by atoms with van der Waals surface area (Å²) in [7, 11) is 0. The minimum atomic E-state index is -4.96. The van der Waals surface area contributed by atoms with Crippen molar-refractivity contribution < 1.29 is 41.8 Å². The van der Waals surface area contributed by atoms with Gasteiger partial charge >= 0.3 is 12.1 Å². The molecule has 2 amide bonds. The molecule has 0 spiro atoms. The van der Waals surface area contributed by atoms with Crippen LogP contribution in [0.15, 0.2) is 54.6 Å². The van der Waals surface area contributed by atoms with Crippen molar-refractivity contribution in [3.8, 4) is 11.1 Å². The number of rotatable bonds is 12. The first-order chi connectivity index (χ1) is 20.6. The number of Topliss-reactive ketones (excluding diaryl/α,β-unsaturated/α-hetero) is 1. The Bertz CT molecular complexity index is 1610. The smallest absolute Gasteiger partial charge is 0.419 e. The normalized spacial score (nSPS) is 11.9. The Labute approximate surface area is 257 Å². The fourth-order valence-corrected chi connectivity index (χ4v) is 4.74. The lowest BCUT2D eigenvalue weighted by Crippen LogP contribution is -2.41. The number of carbonyl (C=O) groups excluding carboxylic acids is 3. The Hall–Kier alpha value is -4.49. The summed E-state index contributed by atoms with van der Waals surface area (Å²) < 4.78 is 53.1. The molecule has 0 heterocycles. The van der Waals surface area contributed by atoms with Gasteiger partial charge in [0.05, 0.1) is 33.6 Å². The van der Waals surface area contributed by atoms with Gasteiger partial charge in [0, 0.05) is 18.4 Å². The van der Waals surface area contributed by atoms with Gasteiger partial charge in [0.25, 0.3) is 11.8 Å². The summed E-state index contributed by atoms with van der Waals surface area (Å²) in [6, 6.07) is 9.20. The van der Waals surface area contributed by atoms with Gasteiger partial charge in [-0.1, -0.05) is 41.4 Å². The van der Waals surface area contributed by atoms with Gasteiger partial charge in [-0.2, -0.15) is 13.2 Å². The highest BCUT2D eigenvalue weighted by molar-refractivity contribution is 6.40. The van der Waals surface area contributed by atoms with Crippen LogP contribution in [0.2, 0.25) is 10.0 Å². The number of carbonyl (C=O) groups is 4. The zero-order valence-electron chi connectivity index (χ0n) is 22.5. The van der Waals surface area contributed by atoms with Gasteiger partial charge < -0.3 is 21.5 Å². The fraction of sp³-hybridized carbons (Fsp3) is 0.207. The van der Waals surface area contributed by atoms with Gasteiger partial charge in [0.15, 0.2) is 5.78 Å². The summed E-state index contributed by atoms with van der Waals surface area (Å²) in [6.45, 7) is -0.422. The average molecular weight is 655 g/mol. The molecule has 0 saturated heterocycles. The monoisotopic (exact) mass is 654 g/mol. The molecule has 15 heteroatoms. The summed E-state index contributed by atoms with van der Waals surface area (Å²) in [5.41, 5.74) is 4.29. The van der Waals surface area contributed by atoms with Crippen molar-refractivity contribution in [2.24, 2.45) is 5.73 Å². The maximum Gasteiger partial charge on any atom is 0.419 e. The molecule has 0 saturated carbocycles. The lowest BCUT2D eigenvalue weighted by molar-refractivity contribution is -0.140. The lowest BCUT2D eigenvalue weighted by atomic mass is 10.0. The van der Waals surface area contributed by atoms with Crippen LogP contribution in [-0.2, 0) is 22.2 Å². The van der Waals surface area contributed by atoms with Crippen molar-refractivity contribution in [2.45, 2.75) is 31.5 Å². The molecule has 0 aliphatic rings. The Kier molecular flexibility index (Phi) is 11.1. The topological polar surface area (TPSA) is 162 Å². The Morgan fingerprint density at radius 3 is 2.20 bits per heavy atom. The predicted molar refractivity (Wildman–Crippen MR) is 154 cm³/mol. The number of nitrogens with one attached hydrogen (secondary N) is 3. The van der Waals surface area contributed by atoms with Crippen molar-refractivity contribution >= 4 is 52.6 Å². The van der Waals surface area contributed by atoms with Crippen LogP contribution in [0.4, 0.5) is 17.6 Å². The van der Waals surface area contributed by atoms with Crippen LogP contribution in [0.5, 0.6) is 0 Å². The molecule has 0 unspecified atom stereocenters. The second-order valence-electron chi connectivity index (χ2n) is 9.53. The van der Waals surface area contributed by atoms with Crippen LogP contribution in [-0.4, -0.2) is 47.1 Å². The number of amidine groups is 1. The second-order valence-corrected chi connectivity index (χ2v) is 10.3. The Morgan fingerprint density at radius 2 is 1.61 bits per heavy atom. The lowest BCUT2D eigenvalue weighted by Gasteiger charge is -2.16. The number of amides is 2. The number of benzene rings is 3. The molecule has 3 rings (SSSR count). The molecule has 0 fully saturated rings. The minimum absolute atomic E-state index is 0.0371. The van der Waals surface area contributed by atoms with Gasteiger partial charge in [-0.05, 0) is 59.5 Å². The van der Waals surface area contributed by atoms with E-state index in [1.54, 1.807) is 12.1 Å². The van der Waals surface area contributed by atoms with Gasteiger partial charge in [0.2, 0.25) is 0 Å².